The normalized spacial score (nSPS) is 14.6. The van der Waals surface area contributed by atoms with Gasteiger partial charge in [-0.1, -0.05) is 17.7 Å². The Morgan fingerprint density at radius 1 is 1.48 bits per heavy atom. The van der Waals surface area contributed by atoms with Crippen LogP contribution in [-0.4, -0.2) is 33.5 Å². The predicted molar refractivity (Wildman–Crippen MR) is 78.0 cm³/mol. The van der Waals surface area contributed by atoms with Crippen molar-refractivity contribution in [2.24, 2.45) is 0 Å². The van der Waals surface area contributed by atoms with Crippen molar-refractivity contribution in [3.05, 3.63) is 41.2 Å². The Bertz CT molecular complexity index is 652. The fourth-order valence-electron chi connectivity index (χ4n) is 2.27. The Kier molecular flexibility index (Phi) is 3.94. The fourth-order valence-corrected chi connectivity index (χ4v) is 2.46. The average molecular weight is 307 g/mol. The van der Waals surface area contributed by atoms with Crippen LogP contribution in [0, 0.1) is 0 Å². The van der Waals surface area contributed by atoms with Crippen molar-refractivity contribution < 1.29 is 14.3 Å². The van der Waals surface area contributed by atoms with Crippen molar-refractivity contribution in [2.75, 3.05) is 6.54 Å². The first-order chi connectivity index (χ1) is 10.1. The largest absolute Gasteiger partial charge is 0.480 e. The van der Waals surface area contributed by atoms with Crippen LogP contribution in [0.5, 0.6) is 0 Å². The van der Waals surface area contributed by atoms with Gasteiger partial charge in [-0.05, 0) is 31.0 Å². The summed E-state index contributed by atoms with van der Waals surface area (Å²) in [4.78, 5) is 17.2. The molecule has 21 heavy (non-hydrogen) atoms. The van der Waals surface area contributed by atoms with Gasteiger partial charge < -0.3 is 9.52 Å². The molecule has 3 rings (SSSR count). The van der Waals surface area contributed by atoms with Crippen molar-refractivity contribution in [3.8, 4) is 11.5 Å². The number of rotatable bonds is 6. The molecule has 6 heteroatoms. The van der Waals surface area contributed by atoms with E-state index in [1.165, 1.54) is 0 Å². The van der Waals surface area contributed by atoms with Gasteiger partial charge in [-0.2, -0.15) is 0 Å². The van der Waals surface area contributed by atoms with Crippen LogP contribution in [0.1, 0.15) is 18.5 Å². The van der Waals surface area contributed by atoms with E-state index in [-0.39, 0.29) is 6.54 Å². The highest BCUT2D eigenvalue weighted by Gasteiger charge is 2.30. The fraction of sp³-hybridized carbons (Fsp3) is 0.333. The maximum atomic E-state index is 10.9. The summed E-state index contributed by atoms with van der Waals surface area (Å²) in [6.45, 7) is 0.519. The molecule has 0 radical (unpaired) electrons. The number of aromatic nitrogens is 1. The Morgan fingerprint density at radius 3 is 2.95 bits per heavy atom. The molecule has 1 N–H and O–H groups in total. The van der Waals surface area contributed by atoms with Crippen molar-refractivity contribution >= 4 is 17.6 Å². The van der Waals surface area contributed by atoms with Gasteiger partial charge in [0.25, 0.3) is 0 Å². The lowest BCUT2D eigenvalue weighted by atomic mass is 10.2. The summed E-state index contributed by atoms with van der Waals surface area (Å²) in [5, 5.41) is 9.58. The third-order valence-electron chi connectivity index (χ3n) is 3.39. The Morgan fingerprint density at radius 2 is 2.29 bits per heavy atom. The summed E-state index contributed by atoms with van der Waals surface area (Å²) < 4.78 is 5.47. The third kappa shape index (κ3) is 3.62. The second-order valence-electron chi connectivity index (χ2n) is 5.18. The van der Waals surface area contributed by atoms with E-state index < -0.39 is 5.97 Å². The standard InChI is InChI=1S/C15H15ClN2O3/c16-11-3-1-2-10(6-11)15-17-12(9-21-15)7-18(8-14(19)20)13-4-5-13/h1-3,6,9,13H,4-5,7-8H2,(H,19,20). The maximum Gasteiger partial charge on any atom is 0.317 e. The van der Waals surface area contributed by atoms with Gasteiger partial charge in [0.15, 0.2) is 0 Å². The first-order valence-electron chi connectivity index (χ1n) is 6.78. The SMILES string of the molecule is O=C(O)CN(Cc1coc(-c2cccc(Cl)c2)n1)C1CC1. The number of carboxylic acids is 1. The van der Waals surface area contributed by atoms with Crippen molar-refractivity contribution in [1.82, 2.24) is 9.88 Å². The molecule has 1 aromatic heterocycles. The van der Waals surface area contributed by atoms with Crippen LogP contribution < -0.4 is 0 Å². The number of hydrogen-bond donors (Lipinski definition) is 1. The first kappa shape index (κ1) is 14.1. The number of nitrogens with zero attached hydrogens (tertiary/aromatic N) is 2. The minimum atomic E-state index is -0.819. The van der Waals surface area contributed by atoms with Crippen LogP contribution in [-0.2, 0) is 11.3 Å². The molecule has 1 aliphatic carbocycles. The zero-order chi connectivity index (χ0) is 14.8. The quantitative estimate of drug-likeness (QED) is 0.888. The van der Waals surface area contributed by atoms with Crippen LogP contribution in [0.15, 0.2) is 34.9 Å². The Hall–Kier alpha value is -1.85. The van der Waals surface area contributed by atoms with Crippen molar-refractivity contribution in [3.63, 3.8) is 0 Å². The second-order valence-corrected chi connectivity index (χ2v) is 5.62. The molecular weight excluding hydrogens is 292 g/mol. The lowest BCUT2D eigenvalue weighted by Crippen LogP contribution is -2.31. The van der Waals surface area contributed by atoms with Gasteiger partial charge in [0, 0.05) is 23.2 Å². The molecule has 1 saturated carbocycles. The van der Waals surface area contributed by atoms with Crippen LogP contribution in [0.2, 0.25) is 5.02 Å². The van der Waals surface area contributed by atoms with E-state index in [1.807, 2.05) is 17.0 Å². The van der Waals surface area contributed by atoms with E-state index in [0.29, 0.717) is 23.5 Å². The minimum absolute atomic E-state index is 0.0318. The lowest BCUT2D eigenvalue weighted by molar-refractivity contribution is -0.138. The molecule has 0 saturated heterocycles. The van der Waals surface area contributed by atoms with Crippen molar-refractivity contribution in [2.45, 2.75) is 25.4 Å². The highest BCUT2D eigenvalue weighted by molar-refractivity contribution is 6.30. The molecule has 0 unspecified atom stereocenters. The zero-order valence-electron chi connectivity index (χ0n) is 11.3. The zero-order valence-corrected chi connectivity index (χ0v) is 12.1. The van der Waals surface area contributed by atoms with Gasteiger partial charge >= 0.3 is 5.97 Å². The summed E-state index contributed by atoms with van der Waals surface area (Å²) >= 11 is 5.95. The molecule has 1 fully saturated rings. The molecule has 1 aliphatic rings. The highest BCUT2D eigenvalue weighted by atomic mass is 35.5. The van der Waals surface area contributed by atoms with E-state index >= 15 is 0 Å². The smallest absolute Gasteiger partial charge is 0.317 e. The lowest BCUT2D eigenvalue weighted by Gasteiger charge is -2.17. The predicted octanol–water partition coefficient (Wildman–Crippen LogP) is 3.04. The summed E-state index contributed by atoms with van der Waals surface area (Å²) in [6.07, 6.45) is 3.67. The Labute approximate surface area is 127 Å². The molecule has 110 valence electrons. The number of oxazole rings is 1. The Balaban J connectivity index is 1.73. The topological polar surface area (TPSA) is 66.6 Å². The van der Waals surface area contributed by atoms with E-state index in [1.54, 1.807) is 18.4 Å². The van der Waals surface area contributed by atoms with Gasteiger partial charge in [-0.15, -0.1) is 0 Å². The number of carboxylic acid groups (broad SMARTS) is 1. The van der Waals surface area contributed by atoms with Crippen LogP contribution in [0.25, 0.3) is 11.5 Å². The van der Waals surface area contributed by atoms with Gasteiger partial charge in [0.2, 0.25) is 5.89 Å². The number of halogens is 1. The average Bonchev–Trinajstić information content (AvgIpc) is 3.18. The highest BCUT2D eigenvalue weighted by Crippen LogP contribution is 2.28. The molecule has 0 bridgehead atoms. The number of aliphatic carboxylic acids is 1. The molecule has 0 spiro atoms. The summed E-state index contributed by atoms with van der Waals surface area (Å²) in [5.41, 5.74) is 1.54. The maximum absolute atomic E-state index is 10.9. The molecule has 1 heterocycles. The van der Waals surface area contributed by atoms with Gasteiger partial charge in [0.1, 0.15) is 6.26 Å². The van der Waals surface area contributed by atoms with Crippen LogP contribution in [0.4, 0.5) is 0 Å². The monoisotopic (exact) mass is 306 g/mol. The van der Waals surface area contributed by atoms with Gasteiger partial charge in [-0.3, -0.25) is 9.69 Å². The molecular formula is C15H15ClN2O3. The van der Waals surface area contributed by atoms with Crippen LogP contribution >= 0.6 is 11.6 Å². The summed E-state index contributed by atoms with van der Waals surface area (Å²) in [5.74, 6) is -0.320. The summed E-state index contributed by atoms with van der Waals surface area (Å²) in [7, 11) is 0. The molecule has 0 amide bonds. The first-order valence-corrected chi connectivity index (χ1v) is 7.16. The van der Waals surface area contributed by atoms with E-state index in [4.69, 9.17) is 21.1 Å². The molecule has 5 nitrogen and oxygen atoms in total. The number of benzene rings is 1. The van der Waals surface area contributed by atoms with E-state index in [0.717, 1.165) is 24.1 Å². The second kappa shape index (κ2) is 5.87. The van der Waals surface area contributed by atoms with Crippen molar-refractivity contribution in [1.29, 1.82) is 0 Å². The number of carbonyl (C=O) groups is 1. The van der Waals surface area contributed by atoms with Crippen LogP contribution in [0.3, 0.4) is 0 Å². The minimum Gasteiger partial charge on any atom is -0.480 e. The van der Waals surface area contributed by atoms with Gasteiger partial charge in [-0.25, -0.2) is 4.98 Å². The van der Waals surface area contributed by atoms with E-state index in [9.17, 15) is 4.79 Å². The molecule has 2 aromatic rings. The van der Waals surface area contributed by atoms with Gasteiger partial charge in [0.05, 0.1) is 12.2 Å². The summed E-state index contributed by atoms with van der Waals surface area (Å²) in [6, 6.07) is 7.64. The molecule has 1 aromatic carbocycles. The third-order valence-corrected chi connectivity index (χ3v) is 3.63. The number of hydrogen-bond acceptors (Lipinski definition) is 4. The molecule has 0 atom stereocenters. The molecule has 0 aliphatic heterocycles. The van der Waals surface area contributed by atoms with E-state index in [2.05, 4.69) is 4.98 Å².